The molecule has 3 heterocycles. The van der Waals surface area contributed by atoms with Gasteiger partial charge in [0.25, 0.3) is 5.91 Å². The van der Waals surface area contributed by atoms with Crippen molar-refractivity contribution in [3.63, 3.8) is 0 Å². The van der Waals surface area contributed by atoms with Crippen LogP contribution < -0.4 is 19.1 Å². The minimum absolute atomic E-state index is 0.00411. The molecule has 0 N–H and O–H groups in total. The number of anilines is 1. The second kappa shape index (κ2) is 6.07. The number of amides is 1. The van der Waals surface area contributed by atoms with Crippen LogP contribution in [-0.2, 0) is 0 Å². The fourth-order valence-electron chi connectivity index (χ4n) is 2.24. The zero-order valence-corrected chi connectivity index (χ0v) is 13.1. The molecule has 0 bridgehead atoms. The van der Waals surface area contributed by atoms with Crippen LogP contribution in [0.25, 0.3) is 0 Å². The Hall–Kier alpha value is -2.90. The average Bonchev–Trinajstić information content (AvgIpc) is 2.60. The van der Waals surface area contributed by atoms with Gasteiger partial charge in [-0.25, -0.2) is 4.98 Å². The number of pyridine rings is 1. The molecule has 0 atom stereocenters. The van der Waals surface area contributed by atoms with Gasteiger partial charge in [0.2, 0.25) is 23.5 Å². The van der Waals surface area contributed by atoms with Crippen molar-refractivity contribution >= 4 is 11.6 Å². The Morgan fingerprint density at radius 2 is 1.91 bits per heavy atom. The van der Waals surface area contributed by atoms with E-state index in [0.717, 1.165) is 5.56 Å². The first-order valence-corrected chi connectivity index (χ1v) is 7.00. The molecule has 23 heavy (non-hydrogen) atoms. The van der Waals surface area contributed by atoms with Crippen molar-refractivity contribution in [3.05, 3.63) is 29.7 Å². The van der Waals surface area contributed by atoms with E-state index in [1.165, 1.54) is 20.3 Å². The van der Waals surface area contributed by atoms with E-state index in [-0.39, 0.29) is 23.5 Å². The minimum atomic E-state index is -0.362. The molecule has 120 valence electrons. The van der Waals surface area contributed by atoms with Gasteiger partial charge in [-0.3, -0.25) is 9.69 Å². The minimum Gasteiger partial charge on any atom is -0.481 e. The smallest absolute Gasteiger partial charge is 0.296 e. The summed E-state index contributed by atoms with van der Waals surface area (Å²) in [6.07, 6.45) is 1.69. The summed E-state index contributed by atoms with van der Waals surface area (Å²) in [5, 5.41) is 0. The summed E-state index contributed by atoms with van der Waals surface area (Å²) in [7, 11) is 2.93. The third kappa shape index (κ3) is 2.87. The molecule has 3 rings (SSSR count). The molecule has 0 aromatic carbocycles. The van der Waals surface area contributed by atoms with Crippen LogP contribution in [0.4, 0.5) is 5.69 Å². The number of carbonyl (C=O) groups excluding carboxylic acids is 1. The van der Waals surface area contributed by atoms with Gasteiger partial charge in [0.05, 0.1) is 26.8 Å². The van der Waals surface area contributed by atoms with Crippen LogP contribution in [0.1, 0.15) is 16.2 Å². The standard InChI is InChI=1S/C15H16N4O4/c1-9-6-10-14(16-8-9)23-5-4-19(10)15(20)13-17-11(21-2)7-12(18-13)22-3/h6-8H,4-5H2,1-3H3. The van der Waals surface area contributed by atoms with E-state index in [9.17, 15) is 4.79 Å². The number of nitrogens with zero attached hydrogens (tertiary/aromatic N) is 4. The highest BCUT2D eigenvalue weighted by molar-refractivity contribution is 6.04. The predicted octanol–water partition coefficient (Wildman–Crippen LogP) is 1.24. The summed E-state index contributed by atoms with van der Waals surface area (Å²) in [6, 6.07) is 3.35. The molecule has 0 unspecified atom stereocenters. The maximum Gasteiger partial charge on any atom is 0.296 e. The topological polar surface area (TPSA) is 86.7 Å². The summed E-state index contributed by atoms with van der Waals surface area (Å²) in [5.74, 6) is 0.576. The number of rotatable bonds is 3. The molecule has 2 aromatic heterocycles. The molecule has 8 heteroatoms. The summed E-state index contributed by atoms with van der Waals surface area (Å²) in [6.45, 7) is 2.64. The van der Waals surface area contributed by atoms with Gasteiger partial charge < -0.3 is 14.2 Å². The highest BCUT2D eigenvalue weighted by atomic mass is 16.5. The molecule has 1 aliphatic heterocycles. The summed E-state index contributed by atoms with van der Waals surface area (Å²) < 4.78 is 15.7. The molecule has 0 saturated carbocycles. The molecule has 1 amide bonds. The molecular formula is C15H16N4O4. The second-order valence-electron chi connectivity index (χ2n) is 4.92. The highest BCUT2D eigenvalue weighted by Gasteiger charge is 2.28. The lowest BCUT2D eigenvalue weighted by molar-refractivity contribution is 0.0963. The zero-order valence-electron chi connectivity index (χ0n) is 13.1. The number of aryl methyl sites for hydroxylation is 1. The van der Waals surface area contributed by atoms with E-state index >= 15 is 0 Å². The van der Waals surface area contributed by atoms with Crippen LogP contribution in [0.3, 0.4) is 0 Å². The first kappa shape index (κ1) is 15.0. The first-order valence-electron chi connectivity index (χ1n) is 7.00. The predicted molar refractivity (Wildman–Crippen MR) is 81.3 cm³/mol. The van der Waals surface area contributed by atoms with Gasteiger partial charge in [-0.05, 0) is 18.6 Å². The number of carbonyl (C=O) groups is 1. The van der Waals surface area contributed by atoms with Crippen molar-refractivity contribution in [2.45, 2.75) is 6.92 Å². The quantitative estimate of drug-likeness (QED) is 0.842. The molecule has 8 nitrogen and oxygen atoms in total. The Kier molecular flexibility index (Phi) is 3.96. The van der Waals surface area contributed by atoms with Crippen molar-refractivity contribution in [2.75, 3.05) is 32.3 Å². The van der Waals surface area contributed by atoms with Crippen molar-refractivity contribution in [1.29, 1.82) is 0 Å². The lowest BCUT2D eigenvalue weighted by atomic mass is 10.2. The fraction of sp³-hybridized carbons (Fsp3) is 0.333. The van der Waals surface area contributed by atoms with Crippen LogP contribution in [0.5, 0.6) is 17.6 Å². The Balaban J connectivity index is 2.00. The normalized spacial score (nSPS) is 13.1. The van der Waals surface area contributed by atoms with E-state index in [1.807, 2.05) is 13.0 Å². The average molecular weight is 316 g/mol. The molecule has 0 saturated heterocycles. The van der Waals surface area contributed by atoms with Gasteiger partial charge in [0.1, 0.15) is 12.3 Å². The van der Waals surface area contributed by atoms with Gasteiger partial charge in [-0.1, -0.05) is 0 Å². The van der Waals surface area contributed by atoms with E-state index in [4.69, 9.17) is 14.2 Å². The van der Waals surface area contributed by atoms with Gasteiger partial charge >= 0.3 is 0 Å². The lowest BCUT2D eigenvalue weighted by Crippen LogP contribution is -2.39. The van der Waals surface area contributed by atoms with Crippen LogP contribution in [0, 0.1) is 6.92 Å². The Morgan fingerprint density at radius 1 is 1.22 bits per heavy atom. The monoisotopic (exact) mass is 316 g/mol. The van der Waals surface area contributed by atoms with E-state index in [2.05, 4.69) is 15.0 Å². The Bertz CT molecular complexity index is 728. The highest BCUT2D eigenvalue weighted by Crippen LogP contribution is 2.31. The van der Waals surface area contributed by atoms with Crippen LogP contribution >= 0.6 is 0 Å². The maximum atomic E-state index is 12.8. The molecule has 0 spiro atoms. The zero-order chi connectivity index (χ0) is 16.4. The molecule has 0 fully saturated rings. The van der Waals surface area contributed by atoms with Gasteiger partial charge in [-0.2, -0.15) is 9.97 Å². The van der Waals surface area contributed by atoms with E-state index in [1.54, 1.807) is 11.1 Å². The molecule has 0 radical (unpaired) electrons. The SMILES string of the molecule is COc1cc(OC)nc(C(=O)N2CCOc3ncc(C)cc32)n1. The molecular weight excluding hydrogens is 300 g/mol. The van der Waals surface area contributed by atoms with Gasteiger partial charge in [0.15, 0.2) is 0 Å². The summed E-state index contributed by atoms with van der Waals surface area (Å²) in [4.78, 5) is 26.8. The molecule has 0 aliphatic carbocycles. The number of hydrogen-bond donors (Lipinski definition) is 0. The van der Waals surface area contributed by atoms with Gasteiger partial charge in [0, 0.05) is 6.20 Å². The Morgan fingerprint density at radius 3 is 2.57 bits per heavy atom. The van der Waals surface area contributed by atoms with E-state index in [0.29, 0.717) is 24.7 Å². The van der Waals surface area contributed by atoms with Crippen LogP contribution in [-0.4, -0.2) is 48.2 Å². The number of methoxy groups -OCH3 is 2. The number of aromatic nitrogens is 3. The maximum absolute atomic E-state index is 12.8. The number of fused-ring (bicyclic) bond motifs is 1. The van der Waals surface area contributed by atoms with Crippen LogP contribution in [0.2, 0.25) is 0 Å². The van der Waals surface area contributed by atoms with Crippen molar-refractivity contribution in [1.82, 2.24) is 15.0 Å². The lowest BCUT2D eigenvalue weighted by Gasteiger charge is -2.28. The largest absolute Gasteiger partial charge is 0.481 e. The van der Waals surface area contributed by atoms with Crippen molar-refractivity contribution in [2.24, 2.45) is 0 Å². The van der Waals surface area contributed by atoms with E-state index < -0.39 is 0 Å². The van der Waals surface area contributed by atoms with Crippen molar-refractivity contribution < 1.29 is 19.0 Å². The third-order valence-corrected chi connectivity index (χ3v) is 3.35. The third-order valence-electron chi connectivity index (χ3n) is 3.35. The van der Waals surface area contributed by atoms with Crippen LogP contribution in [0.15, 0.2) is 18.3 Å². The molecule has 2 aromatic rings. The number of ether oxygens (including phenoxy) is 3. The van der Waals surface area contributed by atoms with Gasteiger partial charge in [-0.15, -0.1) is 0 Å². The summed E-state index contributed by atoms with van der Waals surface area (Å²) in [5.41, 5.74) is 1.53. The number of hydrogen-bond acceptors (Lipinski definition) is 7. The van der Waals surface area contributed by atoms with Crippen molar-refractivity contribution in [3.8, 4) is 17.6 Å². The molecule has 1 aliphatic rings. The second-order valence-corrected chi connectivity index (χ2v) is 4.92. The Labute approximate surface area is 133 Å². The fourth-order valence-corrected chi connectivity index (χ4v) is 2.24. The summed E-state index contributed by atoms with van der Waals surface area (Å²) >= 11 is 0. The first-order chi connectivity index (χ1) is 11.1.